The Balaban J connectivity index is 0.00000280. The number of hydrogen-bond acceptors (Lipinski definition) is 4. The number of benzene rings is 1. The van der Waals surface area contributed by atoms with E-state index in [2.05, 4.69) is 30.4 Å². The number of halogens is 2. The molecule has 0 radical (unpaired) electrons. The van der Waals surface area contributed by atoms with Gasteiger partial charge in [-0.05, 0) is 31.9 Å². The number of nitrogens with one attached hydrogen (secondary N) is 2. The molecule has 1 atom stereocenters. The van der Waals surface area contributed by atoms with Crippen molar-refractivity contribution >= 4 is 29.9 Å². The number of ether oxygens (including phenoxy) is 1. The molecule has 0 spiro atoms. The van der Waals surface area contributed by atoms with Gasteiger partial charge in [0.2, 0.25) is 0 Å². The van der Waals surface area contributed by atoms with Gasteiger partial charge in [0.15, 0.2) is 11.8 Å². The van der Waals surface area contributed by atoms with E-state index in [9.17, 15) is 4.39 Å². The summed E-state index contributed by atoms with van der Waals surface area (Å²) in [6.45, 7) is 3.99. The van der Waals surface area contributed by atoms with Crippen LogP contribution < -0.4 is 15.4 Å². The number of nitrogens with zero attached hydrogens (tertiary/aromatic N) is 4. The van der Waals surface area contributed by atoms with E-state index in [0.717, 1.165) is 24.6 Å². The zero-order valence-corrected chi connectivity index (χ0v) is 18.7. The fraction of sp³-hybridized carbons (Fsp3) is 0.526. The molecular formula is C19H28FIN6O. The van der Waals surface area contributed by atoms with Gasteiger partial charge in [-0.2, -0.15) is 0 Å². The standard InChI is InChI=1S/C19H27FN6O.HI/c1-14(27-16-8-6-7-15(20)11-16)12-22-19(21-2)23-13-18-25-24-17-9-4-3-5-10-26(17)18;/h6-8,11,14H,3-5,9-10,12-13H2,1-2H3,(H2,21,22,23);1H. The van der Waals surface area contributed by atoms with Crippen LogP contribution in [0.4, 0.5) is 4.39 Å². The van der Waals surface area contributed by atoms with Gasteiger partial charge in [0.05, 0.1) is 13.1 Å². The van der Waals surface area contributed by atoms with Gasteiger partial charge in [0.25, 0.3) is 0 Å². The highest BCUT2D eigenvalue weighted by Gasteiger charge is 2.15. The molecule has 1 aromatic carbocycles. The molecule has 2 N–H and O–H groups in total. The van der Waals surface area contributed by atoms with Crippen molar-refractivity contribution in [1.29, 1.82) is 0 Å². The molecule has 1 aliphatic heterocycles. The van der Waals surface area contributed by atoms with Crippen LogP contribution >= 0.6 is 24.0 Å². The second-order valence-corrected chi connectivity index (χ2v) is 6.69. The van der Waals surface area contributed by atoms with E-state index in [1.165, 1.54) is 31.4 Å². The first-order valence-corrected chi connectivity index (χ1v) is 9.43. The van der Waals surface area contributed by atoms with Crippen molar-refractivity contribution in [2.75, 3.05) is 13.6 Å². The number of aryl methyl sites for hydroxylation is 1. The predicted octanol–water partition coefficient (Wildman–Crippen LogP) is 2.89. The third-order valence-corrected chi connectivity index (χ3v) is 4.51. The summed E-state index contributed by atoms with van der Waals surface area (Å²) in [6.07, 6.45) is 4.44. The lowest BCUT2D eigenvalue weighted by Gasteiger charge is -2.18. The van der Waals surface area contributed by atoms with E-state index in [1.807, 2.05) is 6.92 Å². The van der Waals surface area contributed by atoms with Crippen LogP contribution in [0.5, 0.6) is 5.75 Å². The minimum Gasteiger partial charge on any atom is -0.489 e. The van der Waals surface area contributed by atoms with Crippen LogP contribution in [-0.2, 0) is 19.5 Å². The van der Waals surface area contributed by atoms with Gasteiger partial charge in [0, 0.05) is 26.1 Å². The Hall–Kier alpha value is -1.91. The van der Waals surface area contributed by atoms with Crippen molar-refractivity contribution < 1.29 is 9.13 Å². The van der Waals surface area contributed by atoms with Crippen molar-refractivity contribution in [2.45, 2.75) is 51.8 Å². The molecule has 0 fully saturated rings. The van der Waals surface area contributed by atoms with Gasteiger partial charge < -0.3 is 19.9 Å². The van der Waals surface area contributed by atoms with Crippen LogP contribution in [-0.4, -0.2) is 40.4 Å². The topological polar surface area (TPSA) is 76.4 Å². The zero-order chi connectivity index (χ0) is 19.1. The van der Waals surface area contributed by atoms with Gasteiger partial charge in [-0.3, -0.25) is 4.99 Å². The van der Waals surface area contributed by atoms with E-state index >= 15 is 0 Å². The molecule has 28 heavy (non-hydrogen) atoms. The molecule has 7 nitrogen and oxygen atoms in total. The molecule has 1 unspecified atom stereocenters. The highest BCUT2D eigenvalue weighted by Crippen LogP contribution is 2.15. The predicted molar refractivity (Wildman–Crippen MR) is 118 cm³/mol. The van der Waals surface area contributed by atoms with Gasteiger partial charge in [-0.15, -0.1) is 34.2 Å². The first kappa shape index (κ1) is 22.4. The fourth-order valence-electron chi connectivity index (χ4n) is 3.11. The third-order valence-electron chi connectivity index (χ3n) is 4.51. The van der Waals surface area contributed by atoms with Crippen molar-refractivity contribution in [3.63, 3.8) is 0 Å². The molecule has 0 amide bonds. The van der Waals surface area contributed by atoms with Crippen LogP contribution in [0.25, 0.3) is 0 Å². The first-order chi connectivity index (χ1) is 13.2. The number of aromatic nitrogens is 3. The lowest BCUT2D eigenvalue weighted by molar-refractivity contribution is 0.223. The number of rotatable bonds is 6. The quantitative estimate of drug-likeness (QED) is 0.361. The lowest BCUT2D eigenvalue weighted by Crippen LogP contribution is -2.41. The number of fused-ring (bicyclic) bond motifs is 1. The van der Waals surface area contributed by atoms with Crippen molar-refractivity contribution in [3.8, 4) is 5.75 Å². The largest absolute Gasteiger partial charge is 0.489 e. The summed E-state index contributed by atoms with van der Waals surface area (Å²) in [6, 6.07) is 6.14. The molecule has 154 valence electrons. The normalized spacial score (nSPS) is 15.0. The summed E-state index contributed by atoms with van der Waals surface area (Å²) in [5.74, 6) is 2.87. The molecule has 0 saturated heterocycles. The van der Waals surface area contributed by atoms with Gasteiger partial charge in [0.1, 0.15) is 23.5 Å². The zero-order valence-electron chi connectivity index (χ0n) is 16.3. The van der Waals surface area contributed by atoms with Crippen LogP contribution in [0.2, 0.25) is 0 Å². The lowest BCUT2D eigenvalue weighted by atomic mass is 10.2. The van der Waals surface area contributed by atoms with Gasteiger partial charge in [-0.1, -0.05) is 12.5 Å². The maximum atomic E-state index is 13.2. The molecule has 1 aromatic heterocycles. The molecule has 0 saturated carbocycles. The Kier molecular flexibility index (Phi) is 8.94. The molecule has 0 bridgehead atoms. The summed E-state index contributed by atoms with van der Waals surface area (Å²) < 4.78 is 21.2. The summed E-state index contributed by atoms with van der Waals surface area (Å²) in [4.78, 5) is 4.23. The summed E-state index contributed by atoms with van der Waals surface area (Å²) in [7, 11) is 1.72. The number of hydrogen-bond donors (Lipinski definition) is 2. The highest BCUT2D eigenvalue weighted by atomic mass is 127. The Labute approximate surface area is 182 Å². The Morgan fingerprint density at radius 2 is 2.14 bits per heavy atom. The van der Waals surface area contributed by atoms with Crippen molar-refractivity contribution in [2.24, 2.45) is 4.99 Å². The van der Waals surface area contributed by atoms with Gasteiger partial charge in [-0.25, -0.2) is 4.39 Å². The van der Waals surface area contributed by atoms with Crippen molar-refractivity contribution in [1.82, 2.24) is 25.4 Å². The van der Waals surface area contributed by atoms with E-state index in [0.29, 0.717) is 24.8 Å². The average molecular weight is 502 g/mol. The molecule has 9 heteroatoms. The summed E-state index contributed by atoms with van der Waals surface area (Å²) >= 11 is 0. The summed E-state index contributed by atoms with van der Waals surface area (Å²) in [5.41, 5.74) is 0. The minimum atomic E-state index is -0.308. The summed E-state index contributed by atoms with van der Waals surface area (Å²) in [5, 5.41) is 15.1. The van der Waals surface area contributed by atoms with E-state index in [-0.39, 0.29) is 35.9 Å². The average Bonchev–Trinajstić information content (AvgIpc) is 2.88. The van der Waals surface area contributed by atoms with E-state index in [1.54, 1.807) is 19.2 Å². The maximum absolute atomic E-state index is 13.2. The SMILES string of the molecule is CN=C(NCc1nnc2n1CCCCC2)NCC(C)Oc1cccc(F)c1.I. The van der Waals surface area contributed by atoms with E-state index < -0.39 is 0 Å². The Morgan fingerprint density at radius 3 is 2.93 bits per heavy atom. The van der Waals surface area contributed by atoms with Crippen LogP contribution in [0.15, 0.2) is 29.3 Å². The van der Waals surface area contributed by atoms with Crippen LogP contribution in [0, 0.1) is 5.82 Å². The van der Waals surface area contributed by atoms with E-state index in [4.69, 9.17) is 4.74 Å². The molecule has 0 aliphatic carbocycles. The molecule has 2 aromatic rings. The second-order valence-electron chi connectivity index (χ2n) is 6.69. The Bertz CT molecular complexity index is 782. The molecule has 1 aliphatic rings. The third kappa shape index (κ3) is 6.32. The number of guanidine groups is 1. The second kappa shape index (κ2) is 11.2. The molecular weight excluding hydrogens is 474 g/mol. The monoisotopic (exact) mass is 502 g/mol. The molecule has 2 heterocycles. The van der Waals surface area contributed by atoms with Crippen LogP contribution in [0.3, 0.4) is 0 Å². The maximum Gasteiger partial charge on any atom is 0.191 e. The number of aliphatic imine (C=N–C) groups is 1. The smallest absolute Gasteiger partial charge is 0.191 e. The molecule has 3 rings (SSSR count). The first-order valence-electron chi connectivity index (χ1n) is 9.43. The van der Waals surface area contributed by atoms with Crippen molar-refractivity contribution in [3.05, 3.63) is 41.7 Å². The highest BCUT2D eigenvalue weighted by molar-refractivity contribution is 14.0. The fourth-order valence-corrected chi connectivity index (χ4v) is 3.11. The van der Waals surface area contributed by atoms with Gasteiger partial charge >= 0.3 is 0 Å². The Morgan fingerprint density at radius 1 is 1.29 bits per heavy atom. The minimum absolute atomic E-state index is 0. The van der Waals surface area contributed by atoms with Crippen LogP contribution in [0.1, 0.15) is 37.8 Å².